The molecule has 0 aliphatic carbocycles. The molecule has 0 unspecified atom stereocenters. The minimum Gasteiger partial charge on any atom is -0.398 e. The number of hydrogen-bond donors (Lipinski definition) is 2. The highest BCUT2D eigenvalue weighted by atomic mass is 32.2. The number of nitrogens with two attached hydrogens (primary N) is 1. The van der Waals surface area contributed by atoms with Gasteiger partial charge in [-0.15, -0.1) is 0 Å². The van der Waals surface area contributed by atoms with Crippen LogP contribution in [0.2, 0.25) is 0 Å². The van der Waals surface area contributed by atoms with Gasteiger partial charge >= 0.3 is 0 Å². The molecule has 5 nitrogen and oxygen atoms in total. The van der Waals surface area contributed by atoms with Gasteiger partial charge in [0, 0.05) is 24.6 Å². The molecule has 0 amide bonds. The molecular weight excluding hydrogens is 293 g/mol. The Bertz CT molecular complexity index is 733. The molecule has 0 aliphatic rings. The van der Waals surface area contributed by atoms with Gasteiger partial charge in [-0.1, -0.05) is 0 Å². The molecule has 112 valence electrons. The van der Waals surface area contributed by atoms with E-state index in [0.29, 0.717) is 12.0 Å². The highest BCUT2D eigenvalue weighted by Gasteiger charge is 2.19. The zero-order valence-electron chi connectivity index (χ0n) is 11.5. The maximum atomic E-state index is 13.8. The van der Waals surface area contributed by atoms with Crippen molar-refractivity contribution in [2.45, 2.75) is 18.2 Å². The topological polar surface area (TPSA) is 85.1 Å². The van der Waals surface area contributed by atoms with Gasteiger partial charge in [-0.3, -0.25) is 4.98 Å². The lowest BCUT2D eigenvalue weighted by Crippen LogP contribution is -2.27. The fourth-order valence-corrected chi connectivity index (χ4v) is 2.96. The Balaban J connectivity index is 2.10. The van der Waals surface area contributed by atoms with Crippen molar-refractivity contribution < 1.29 is 12.8 Å². The van der Waals surface area contributed by atoms with Crippen LogP contribution in [-0.4, -0.2) is 19.9 Å². The third-order valence-corrected chi connectivity index (χ3v) is 4.54. The molecule has 0 bridgehead atoms. The van der Waals surface area contributed by atoms with Gasteiger partial charge in [0.25, 0.3) is 0 Å². The monoisotopic (exact) mass is 309 g/mol. The van der Waals surface area contributed by atoms with Gasteiger partial charge in [-0.2, -0.15) is 0 Å². The maximum Gasteiger partial charge on any atom is 0.243 e. The molecule has 0 fully saturated rings. The van der Waals surface area contributed by atoms with Crippen molar-refractivity contribution in [2.75, 3.05) is 12.3 Å². The summed E-state index contributed by atoms with van der Waals surface area (Å²) in [5.41, 5.74) is 7.33. The van der Waals surface area contributed by atoms with Crippen LogP contribution in [0.25, 0.3) is 0 Å². The molecule has 7 heteroatoms. The van der Waals surface area contributed by atoms with Gasteiger partial charge < -0.3 is 5.73 Å². The Morgan fingerprint density at radius 1 is 1.29 bits per heavy atom. The number of nitrogens with zero attached hydrogens (tertiary/aromatic N) is 1. The molecule has 1 aromatic heterocycles. The third kappa shape index (κ3) is 3.77. The fourth-order valence-electron chi connectivity index (χ4n) is 1.83. The number of rotatable bonds is 5. The second kappa shape index (κ2) is 6.19. The third-order valence-electron chi connectivity index (χ3n) is 3.07. The van der Waals surface area contributed by atoms with Gasteiger partial charge in [0.1, 0.15) is 10.7 Å². The first-order valence-corrected chi connectivity index (χ1v) is 7.82. The number of halogens is 1. The van der Waals surface area contributed by atoms with E-state index in [0.717, 1.165) is 17.7 Å². The van der Waals surface area contributed by atoms with Crippen molar-refractivity contribution in [3.63, 3.8) is 0 Å². The van der Waals surface area contributed by atoms with Crippen molar-refractivity contribution in [3.8, 4) is 0 Å². The Hall–Kier alpha value is -1.99. The number of nitrogen functional groups attached to an aromatic ring is 1. The van der Waals surface area contributed by atoms with E-state index in [9.17, 15) is 12.8 Å². The normalized spacial score (nSPS) is 11.5. The Morgan fingerprint density at radius 2 is 1.95 bits per heavy atom. The van der Waals surface area contributed by atoms with Crippen molar-refractivity contribution in [2.24, 2.45) is 0 Å². The summed E-state index contributed by atoms with van der Waals surface area (Å²) >= 11 is 0. The molecule has 2 aromatic rings. The van der Waals surface area contributed by atoms with Crippen molar-refractivity contribution >= 4 is 15.7 Å². The lowest BCUT2D eigenvalue weighted by Gasteiger charge is -2.10. The van der Waals surface area contributed by atoms with Gasteiger partial charge in [0.2, 0.25) is 10.0 Å². The zero-order valence-corrected chi connectivity index (χ0v) is 12.3. The minimum atomic E-state index is -3.92. The number of pyridine rings is 1. The minimum absolute atomic E-state index is 0.166. The lowest BCUT2D eigenvalue weighted by molar-refractivity contribution is 0.557. The smallest absolute Gasteiger partial charge is 0.243 e. The van der Waals surface area contributed by atoms with Crippen molar-refractivity contribution in [1.29, 1.82) is 0 Å². The number of anilines is 1. The van der Waals surface area contributed by atoms with Crippen LogP contribution >= 0.6 is 0 Å². The van der Waals surface area contributed by atoms with E-state index in [1.165, 1.54) is 0 Å². The standard InChI is InChI=1S/C14H16FN3O2S/c1-10-8-12(15)14(9-13(10)16)21(19,20)18-7-4-11-2-5-17-6-3-11/h2-3,5-6,8-9,18H,4,7,16H2,1H3. The molecule has 2 rings (SSSR count). The molecule has 3 N–H and O–H groups in total. The number of hydrogen-bond acceptors (Lipinski definition) is 4. The molecule has 0 saturated carbocycles. The Labute approximate surface area is 123 Å². The number of aromatic nitrogens is 1. The van der Waals surface area contributed by atoms with Gasteiger partial charge in [0.15, 0.2) is 0 Å². The van der Waals surface area contributed by atoms with E-state index in [-0.39, 0.29) is 12.2 Å². The number of sulfonamides is 1. The van der Waals surface area contributed by atoms with Crippen LogP contribution in [-0.2, 0) is 16.4 Å². The molecule has 0 atom stereocenters. The second-order valence-electron chi connectivity index (χ2n) is 4.64. The van der Waals surface area contributed by atoms with Crippen LogP contribution in [0.15, 0.2) is 41.6 Å². The average molecular weight is 309 g/mol. The summed E-state index contributed by atoms with van der Waals surface area (Å²) in [4.78, 5) is 3.45. The molecule has 0 radical (unpaired) electrons. The van der Waals surface area contributed by atoms with Gasteiger partial charge in [-0.05, 0) is 48.7 Å². The van der Waals surface area contributed by atoms with E-state index < -0.39 is 20.7 Å². The van der Waals surface area contributed by atoms with Crippen LogP contribution < -0.4 is 10.5 Å². The van der Waals surface area contributed by atoms with E-state index in [1.54, 1.807) is 31.5 Å². The van der Waals surface area contributed by atoms with Crippen molar-refractivity contribution in [1.82, 2.24) is 9.71 Å². The predicted octanol–water partition coefficient (Wildman–Crippen LogP) is 1.63. The zero-order chi connectivity index (χ0) is 15.5. The Morgan fingerprint density at radius 3 is 2.62 bits per heavy atom. The maximum absolute atomic E-state index is 13.8. The predicted molar refractivity (Wildman–Crippen MR) is 78.7 cm³/mol. The summed E-state index contributed by atoms with van der Waals surface area (Å²) in [6.07, 6.45) is 3.75. The summed E-state index contributed by atoms with van der Waals surface area (Å²) in [6.45, 7) is 1.78. The highest BCUT2D eigenvalue weighted by Crippen LogP contribution is 2.21. The molecular formula is C14H16FN3O2S. The SMILES string of the molecule is Cc1cc(F)c(S(=O)(=O)NCCc2ccncc2)cc1N. The van der Waals surface area contributed by atoms with Crippen LogP contribution in [0.5, 0.6) is 0 Å². The van der Waals surface area contributed by atoms with Gasteiger partial charge in [-0.25, -0.2) is 17.5 Å². The molecule has 0 saturated heterocycles. The summed E-state index contributed by atoms with van der Waals surface area (Å²) in [7, 11) is -3.92. The average Bonchev–Trinajstić information content (AvgIpc) is 2.43. The van der Waals surface area contributed by atoms with Crippen LogP contribution in [0.3, 0.4) is 0 Å². The first-order valence-electron chi connectivity index (χ1n) is 6.34. The summed E-state index contributed by atoms with van der Waals surface area (Å²) < 4.78 is 40.3. The van der Waals surface area contributed by atoms with E-state index in [1.807, 2.05) is 0 Å². The second-order valence-corrected chi connectivity index (χ2v) is 6.38. The first kappa shape index (κ1) is 15.4. The summed E-state index contributed by atoms with van der Waals surface area (Å²) in [6, 6.07) is 5.84. The quantitative estimate of drug-likeness (QED) is 0.822. The molecule has 1 heterocycles. The fraction of sp³-hybridized carbons (Fsp3) is 0.214. The van der Waals surface area contributed by atoms with Gasteiger partial charge in [0.05, 0.1) is 0 Å². The number of benzene rings is 1. The Kier molecular flexibility index (Phi) is 4.54. The lowest BCUT2D eigenvalue weighted by atomic mass is 10.2. The number of nitrogens with one attached hydrogen (secondary N) is 1. The number of aryl methyl sites for hydroxylation is 1. The summed E-state index contributed by atoms with van der Waals surface area (Å²) in [5.74, 6) is -0.807. The molecule has 1 aromatic carbocycles. The summed E-state index contributed by atoms with van der Waals surface area (Å²) in [5, 5.41) is 0. The molecule has 0 aliphatic heterocycles. The van der Waals surface area contributed by atoms with Crippen molar-refractivity contribution in [3.05, 3.63) is 53.6 Å². The molecule has 0 spiro atoms. The largest absolute Gasteiger partial charge is 0.398 e. The van der Waals surface area contributed by atoms with Crippen LogP contribution in [0.1, 0.15) is 11.1 Å². The molecule has 21 heavy (non-hydrogen) atoms. The van der Waals surface area contributed by atoms with Crippen LogP contribution in [0.4, 0.5) is 10.1 Å². The van der Waals surface area contributed by atoms with E-state index >= 15 is 0 Å². The van der Waals surface area contributed by atoms with E-state index in [2.05, 4.69) is 9.71 Å². The highest BCUT2D eigenvalue weighted by molar-refractivity contribution is 7.89. The first-order chi connectivity index (χ1) is 9.90. The van der Waals surface area contributed by atoms with E-state index in [4.69, 9.17) is 5.73 Å². The van der Waals surface area contributed by atoms with Crippen LogP contribution in [0, 0.1) is 12.7 Å².